The lowest BCUT2D eigenvalue weighted by Gasteiger charge is -2.33. The highest BCUT2D eigenvalue weighted by atomic mass is 32.2. The van der Waals surface area contributed by atoms with Crippen LogP contribution < -0.4 is 5.32 Å². The Hall–Kier alpha value is -2.22. The van der Waals surface area contributed by atoms with E-state index < -0.39 is 16.1 Å². The van der Waals surface area contributed by atoms with Crippen LogP contribution in [0.2, 0.25) is 0 Å². The Morgan fingerprint density at radius 3 is 2.27 bits per heavy atom. The normalized spacial score (nSPS) is 20.9. The van der Waals surface area contributed by atoms with E-state index in [0.29, 0.717) is 25.3 Å². The minimum Gasteiger partial charge on any atom is -0.352 e. The van der Waals surface area contributed by atoms with Crippen LogP contribution in [0.3, 0.4) is 0 Å². The summed E-state index contributed by atoms with van der Waals surface area (Å²) < 4.78 is 28.0. The topological polar surface area (TPSA) is 69.7 Å². The van der Waals surface area contributed by atoms with Crippen molar-refractivity contribution in [3.05, 3.63) is 65.7 Å². The molecule has 0 bridgehead atoms. The quantitative estimate of drug-likeness (QED) is 0.671. The Labute approximate surface area is 198 Å². The molecule has 0 aromatic heterocycles. The lowest BCUT2D eigenvalue weighted by atomic mass is 10.0. The van der Waals surface area contributed by atoms with E-state index in [1.165, 1.54) is 9.87 Å². The summed E-state index contributed by atoms with van der Waals surface area (Å²) in [5.41, 5.74) is 2.40. The minimum absolute atomic E-state index is 0.0972. The van der Waals surface area contributed by atoms with Gasteiger partial charge in [0.1, 0.15) is 6.04 Å². The number of carbonyl (C=O) groups is 1. The van der Waals surface area contributed by atoms with Gasteiger partial charge in [-0.15, -0.1) is 0 Å². The van der Waals surface area contributed by atoms with Gasteiger partial charge in [0.25, 0.3) is 0 Å². The van der Waals surface area contributed by atoms with Gasteiger partial charge >= 0.3 is 0 Å². The lowest BCUT2D eigenvalue weighted by Crippen LogP contribution is -2.51. The van der Waals surface area contributed by atoms with Crippen LogP contribution in [0.4, 0.5) is 0 Å². The molecule has 178 valence electrons. The first-order valence-corrected chi connectivity index (χ1v) is 13.5. The van der Waals surface area contributed by atoms with E-state index >= 15 is 0 Å². The van der Waals surface area contributed by atoms with Crippen molar-refractivity contribution in [1.82, 2.24) is 14.5 Å². The number of benzene rings is 2. The maximum absolute atomic E-state index is 13.3. The van der Waals surface area contributed by atoms with Crippen LogP contribution in [0.5, 0.6) is 0 Å². The SMILES string of the molecule is CC(C)c1ccc(S(=O)(=O)N2CCC[C@H]2C(=O)NC2CCN(Cc3ccccc3)CC2)cc1. The second-order valence-corrected chi connectivity index (χ2v) is 11.4. The molecule has 0 aliphatic carbocycles. The summed E-state index contributed by atoms with van der Waals surface area (Å²) in [7, 11) is -3.70. The summed E-state index contributed by atoms with van der Waals surface area (Å²) in [4.78, 5) is 15.8. The first-order chi connectivity index (χ1) is 15.8. The molecule has 2 aliphatic heterocycles. The van der Waals surface area contributed by atoms with Crippen LogP contribution >= 0.6 is 0 Å². The number of amides is 1. The molecule has 0 spiro atoms. The third-order valence-corrected chi connectivity index (χ3v) is 8.77. The average molecular weight is 470 g/mol. The highest BCUT2D eigenvalue weighted by Crippen LogP contribution is 2.28. The second-order valence-electron chi connectivity index (χ2n) is 9.54. The molecular weight excluding hydrogens is 434 g/mol. The molecule has 6 nitrogen and oxygen atoms in total. The summed E-state index contributed by atoms with van der Waals surface area (Å²) in [6, 6.07) is 17.0. The van der Waals surface area contributed by atoms with Gasteiger partial charge in [0.05, 0.1) is 4.90 Å². The van der Waals surface area contributed by atoms with Gasteiger partial charge in [-0.25, -0.2) is 8.42 Å². The standard InChI is InChI=1S/C26H35N3O3S/c1-20(2)22-10-12-24(13-11-22)33(31,32)29-16-6-9-25(29)26(30)27-23-14-17-28(18-15-23)19-21-7-4-3-5-8-21/h3-5,7-8,10-13,20,23,25H,6,9,14-19H2,1-2H3,(H,27,30)/t25-/m0/s1. The second kappa shape index (κ2) is 10.4. The van der Waals surface area contributed by atoms with Crippen LogP contribution in [0.1, 0.15) is 56.6 Å². The number of hydrogen-bond donors (Lipinski definition) is 1. The Balaban J connectivity index is 1.34. The average Bonchev–Trinajstić information content (AvgIpc) is 3.32. The number of rotatable bonds is 7. The zero-order valence-corrected chi connectivity index (χ0v) is 20.4. The molecule has 1 atom stereocenters. The first-order valence-electron chi connectivity index (χ1n) is 12.0. The summed E-state index contributed by atoms with van der Waals surface area (Å²) in [6.07, 6.45) is 3.04. The van der Waals surface area contributed by atoms with E-state index in [4.69, 9.17) is 0 Å². The van der Waals surface area contributed by atoms with Crippen LogP contribution in [0.25, 0.3) is 0 Å². The maximum atomic E-state index is 13.3. The fourth-order valence-electron chi connectivity index (χ4n) is 4.82. The predicted octanol–water partition coefficient (Wildman–Crippen LogP) is 3.74. The number of likely N-dealkylation sites (tertiary alicyclic amines) is 1. The molecule has 2 aromatic carbocycles. The molecule has 2 aromatic rings. The van der Waals surface area contributed by atoms with Crippen molar-refractivity contribution in [3.63, 3.8) is 0 Å². The molecule has 2 aliphatic rings. The molecule has 2 saturated heterocycles. The number of nitrogens with one attached hydrogen (secondary N) is 1. The van der Waals surface area contributed by atoms with Crippen LogP contribution in [0, 0.1) is 0 Å². The van der Waals surface area contributed by atoms with Crippen molar-refractivity contribution in [2.75, 3.05) is 19.6 Å². The van der Waals surface area contributed by atoms with Gasteiger partial charge in [-0.3, -0.25) is 9.69 Å². The zero-order valence-electron chi connectivity index (χ0n) is 19.6. The molecule has 0 radical (unpaired) electrons. The Morgan fingerprint density at radius 1 is 0.970 bits per heavy atom. The molecule has 1 N–H and O–H groups in total. The number of hydrogen-bond acceptors (Lipinski definition) is 4. The first kappa shape index (κ1) is 23.9. The highest BCUT2D eigenvalue weighted by molar-refractivity contribution is 7.89. The van der Waals surface area contributed by atoms with Gasteiger partial charge in [-0.1, -0.05) is 56.3 Å². The van der Waals surface area contributed by atoms with E-state index in [1.807, 2.05) is 18.2 Å². The molecule has 2 fully saturated rings. The van der Waals surface area contributed by atoms with Gasteiger partial charge in [-0.05, 0) is 54.9 Å². The van der Waals surface area contributed by atoms with E-state index in [-0.39, 0.29) is 16.8 Å². The van der Waals surface area contributed by atoms with Gasteiger partial charge in [0, 0.05) is 32.2 Å². The van der Waals surface area contributed by atoms with E-state index in [2.05, 4.69) is 48.3 Å². The molecule has 1 amide bonds. The molecule has 33 heavy (non-hydrogen) atoms. The third-order valence-electron chi connectivity index (χ3n) is 6.84. The smallest absolute Gasteiger partial charge is 0.243 e. The molecule has 4 rings (SSSR count). The van der Waals surface area contributed by atoms with Crippen molar-refractivity contribution < 1.29 is 13.2 Å². The Bertz CT molecular complexity index is 1030. The Kier molecular flexibility index (Phi) is 7.51. The van der Waals surface area contributed by atoms with Gasteiger partial charge in [-0.2, -0.15) is 4.31 Å². The number of piperidine rings is 1. The molecule has 0 unspecified atom stereocenters. The van der Waals surface area contributed by atoms with Crippen LogP contribution in [-0.4, -0.2) is 55.2 Å². The van der Waals surface area contributed by atoms with E-state index in [0.717, 1.165) is 38.0 Å². The van der Waals surface area contributed by atoms with Crippen molar-refractivity contribution in [3.8, 4) is 0 Å². The Morgan fingerprint density at radius 2 is 1.64 bits per heavy atom. The van der Waals surface area contributed by atoms with Crippen LogP contribution in [0.15, 0.2) is 59.5 Å². The van der Waals surface area contributed by atoms with Crippen LogP contribution in [-0.2, 0) is 21.4 Å². The predicted molar refractivity (Wildman–Crippen MR) is 130 cm³/mol. The molecule has 7 heteroatoms. The van der Waals surface area contributed by atoms with E-state index in [1.54, 1.807) is 12.1 Å². The largest absolute Gasteiger partial charge is 0.352 e. The number of sulfonamides is 1. The fourth-order valence-corrected chi connectivity index (χ4v) is 6.48. The highest BCUT2D eigenvalue weighted by Gasteiger charge is 2.40. The van der Waals surface area contributed by atoms with Gasteiger partial charge in [0.15, 0.2) is 0 Å². The lowest BCUT2D eigenvalue weighted by molar-refractivity contribution is -0.125. The summed E-state index contributed by atoms with van der Waals surface area (Å²) in [6.45, 7) is 7.32. The van der Waals surface area contributed by atoms with Gasteiger partial charge in [0.2, 0.25) is 15.9 Å². The zero-order chi connectivity index (χ0) is 23.4. The van der Waals surface area contributed by atoms with Crippen molar-refractivity contribution in [1.29, 1.82) is 0 Å². The monoisotopic (exact) mass is 469 g/mol. The van der Waals surface area contributed by atoms with Crippen molar-refractivity contribution in [2.45, 2.75) is 69.0 Å². The van der Waals surface area contributed by atoms with E-state index in [9.17, 15) is 13.2 Å². The third kappa shape index (κ3) is 5.65. The summed E-state index contributed by atoms with van der Waals surface area (Å²) >= 11 is 0. The molecule has 2 heterocycles. The molecule has 0 saturated carbocycles. The van der Waals surface area contributed by atoms with Crippen molar-refractivity contribution >= 4 is 15.9 Å². The minimum atomic E-state index is -3.70. The maximum Gasteiger partial charge on any atom is 0.243 e. The molecular formula is C26H35N3O3S. The summed E-state index contributed by atoms with van der Waals surface area (Å²) in [5.74, 6) is 0.183. The number of carbonyl (C=O) groups excluding carboxylic acids is 1. The fraction of sp³-hybridized carbons (Fsp3) is 0.500. The summed E-state index contributed by atoms with van der Waals surface area (Å²) in [5, 5.41) is 3.15. The van der Waals surface area contributed by atoms with Crippen molar-refractivity contribution in [2.24, 2.45) is 0 Å². The number of nitrogens with zero attached hydrogens (tertiary/aromatic N) is 2. The van der Waals surface area contributed by atoms with Gasteiger partial charge < -0.3 is 5.32 Å².